The van der Waals surface area contributed by atoms with E-state index in [0.29, 0.717) is 17.8 Å². The van der Waals surface area contributed by atoms with E-state index in [4.69, 9.17) is 10.2 Å². The van der Waals surface area contributed by atoms with Crippen molar-refractivity contribution in [2.75, 3.05) is 11.9 Å². The number of benzene rings is 1. The first-order valence-electron chi connectivity index (χ1n) is 5.65. The highest BCUT2D eigenvalue weighted by molar-refractivity contribution is 6.07. The fourth-order valence-corrected chi connectivity index (χ4v) is 1.70. The average molecular weight is 249 g/mol. The van der Waals surface area contributed by atoms with Crippen molar-refractivity contribution in [3.63, 3.8) is 0 Å². The van der Waals surface area contributed by atoms with Crippen molar-refractivity contribution in [3.8, 4) is 0 Å². The first-order valence-corrected chi connectivity index (χ1v) is 5.65. The maximum absolute atomic E-state index is 11.1. The number of rotatable bonds is 2. The van der Waals surface area contributed by atoms with Crippen LogP contribution in [0.3, 0.4) is 0 Å². The van der Waals surface area contributed by atoms with Crippen LogP contribution in [0.15, 0.2) is 18.2 Å². The minimum Gasteiger partial charge on any atom is -0.478 e. The maximum Gasteiger partial charge on any atom is 0.338 e. The monoisotopic (exact) mass is 249 g/mol. The highest BCUT2D eigenvalue weighted by Gasteiger charge is 2.22. The lowest BCUT2D eigenvalue weighted by molar-refractivity contribution is 0.0652. The number of carbonyl (C=O) groups is 2. The maximum atomic E-state index is 11.1. The third-order valence-corrected chi connectivity index (χ3v) is 2.38. The number of anilines is 1. The number of nitrogens with one attached hydrogen (secondary N) is 1. The molecule has 1 aliphatic heterocycles. The van der Waals surface area contributed by atoms with Crippen LogP contribution in [0.5, 0.6) is 0 Å². The SMILES string of the molecule is CC.O=C(O)c1ccc2c(c1C(=O)O)NCC=C2. The van der Waals surface area contributed by atoms with Crippen LogP contribution in [-0.4, -0.2) is 28.7 Å². The summed E-state index contributed by atoms with van der Waals surface area (Å²) in [5, 5.41) is 20.8. The quantitative estimate of drug-likeness (QED) is 0.749. The molecule has 0 unspecified atom stereocenters. The zero-order valence-electron chi connectivity index (χ0n) is 10.2. The number of fused-ring (bicyclic) bond motifs is 1. The van der Waals surface area contributed by atoms with Gasteiger partial charge in [-0.05, 0) is 11.6 Å². The average Bonchev–Trinajstić information content (AvgIpc) is 2.39. The molecule has 0 fully saturated rings. The van der Waals surface area contributed by atoms with Gasteiger partial charge in [0.2, 0.25) is 0 Å². The molecule has 1 aliphatic rings. The largest absolute Gasteiger partial charge is 0.478 e. The molecule has 1 heterocycles. The first kappa shape index (κ1) is 13.8. The molecule has 0 atom stereocenters. The summed E-state index contributed by atoms with van der Waals surface area (Å²) in [5.74, 6) is -2.48. The topological polar surface area (TPSA) is 86.6 Å². The molecular formula is C13H15NO4. The van der Waals surface area contributed by atoms with Crippen LogP contribution in [0.2, 0.25) is 0 Å². The van der Waals surface area contributed by atoms with E-state index in [0.717, 1.165) is 0 Å². The van der Waals surface area contributed by atoms with Gasteiger partial charge in [-0.15, -0.1) is 0 Å². The summed E-state index contributed by atoms with van der Waals surface area (Å²) in [5.41, 5.74) is 0.673. The fraction of sp³-hybridized carbons (Fsp3) is 0.231. The van der Waals surface area contributed by atoms with Gasteiger partial charge in [0.25, 0.3) is 0 Å². The molecule has 96 valence electrons. The van der Waals surface area contributed by atoms with Gasteiger partial charge in [0.15, 0.2) is 0 Å². The van der Waals surface area contributed by atoms with Gasteiger partial charge in [-0.25, -0.2) is 9.59 Å². The number of carboxylic acids is 2. The lowest BCUT2D eigenvalue weighted by atomic mass is 9.98. The normalized spacial score (nSPS) is 11.7. The summed E-state index contributed by atoms with van der Waals surface area (Å²) in [7, 11) is 0. The van der Waals surface area contributed by atoms with Crippen molar-refractivity contribution in [1.29, 1.82) is 0 Å². The van der Waals surface area contributed by atoms with Gasteiger partial charge < -0.3 is 15.5 Å². The Kier molecular flexibility index (Phi) is 4.48. The van der Waals surface area contributed by atoms with Crippen LogP contribution in [-0.2, 0) is 0 Å². The summed E-state index contributed by atoms with van der Waals surface area (Å²) < 4.78 is 0. The standard InChI is InChI=1S/C11H9NO4.C2H6/c13-10(14)7-4-3-6-2-1-5-12-9(6)8(7)11(15)16;1-2/h1-4,12H,5H2,(H,13,14)(H,15,16);1-2H3. The second-order valence-electron chi connectivity index (χ2n) is 3.35. The molecule has 5 heteroatoms. The molecule has 1 aromatic carbocycles. The highest BCUT2D eigenvalue weighted by atomic mass is 16.4. The lowest BCUT2D eigenvalue weighted by Gasteiger charge is -2.16. The van der Waals surface area contributed by atoms with E-state index in [-0.39, 0.29) is 11.1 Å². The van der Waals surface area contributed by atoms with Crippen molar-refractivity contribution >= 4 is 23.7 Å². The molecule has 2 rings (SSSR count). The lowest BCUT2D eigenvalue weighted by Crippen LogP contribution is -2.15. The van der Waals surface area contributed by atoms with E-state index >= 15 is 0 Å². The molecule has 3 N–H and O–H groups in total. The summed E-state index contributed by atoms with van der Waals surface area (Å²) in [6, 6.07) is 2.90. The molecule has 0 spiro atoms. The molecular weight excluding hydrogens is 234 g/mol. The van der Waals surface area contributed by atoms with Gasteiger partial charge >= 0.3 is 11.9 Å². The Bertz CT molecular complexity index is 506. The summed E-state index contributed by atoms with van der Waals surface area (Å²) in [6.45, 7) is 4.50. The molecule has 0 amide bonds. The molecule has 1 aromatic rings. The molecule has 0 aliphatic carbocycles. The Balaban J connectivity index is 0.000000771. The second kappa shape index (κ2) is 5.86. The van der Waals surface area contributed by atoms with Gasteiger partial charge in [0, 0.05) is 6.54 Å². The number of hydrogen-bond acceptors (Lipinski definition) is 3. The molecule has 0 saturated heterocycles. The molecule has 0 bridgehead atoms. The van der Waals surface area contributed by atoms with Crippen LogP contribution in [0.4, 0.5) is 5.69 Å². The van der Waals surface area contributed by atoms with Crippen molar-refractivity contribution in [1.82, 2.24) is 0 Å². The van der Waals surface area contributed by atoms with Crippen molar-refractivity contribution in [2.24, 2.45) is 0 Å². The second-order valence-corrected chi connectivity index (χ2v) is 3.35. The van der Waals surface area contributed by atoms with E-state index in [1.807, 2.05) is 19.9 Å². The molecule has 0 radical (unpaired) electrons. The van der Waals surface area contributed by atoms with E-state index in [1.165, 1.54) is 6.07 Å². The van der Waals surface area contributed by atoms with E-state index in [2.05, 4.69) is 5.32 Å². The predicted octanol–water partition coefficient (Wildman–Crippen LogP) is 2.55. The van der Waals surface area contributed by atoms with Gasteiger partial charge in [-0.2, -0.15) is 0 Å². The summed E-state index contributed by atoms with van der Waals surface area (Å²) in [6.07, 6.45) is 3.61. The molecule has 0 saturated carbocycles. The van der Waals surface area contributed by atoms with Crippen LogP contribution < -0.4 is 5.32 Å². The van der Waals surface area contributed by atoms with Crippen LogP contribution in [0, 0.1) is 0 Å². The third kappa shape index (κ3) is 2.51. The summed E-state index contributed by atoms with van der Waals surface area (Å²) in [4.78, 5) is 22.0. The minimum absolute atomic E-state index is 0.186. The van der Waals surface area contributed by atoms with E-state index in [9.17, 15) is 9.59 Å². The van der Waals surface area contributed by atoms with Gasteiger partial charge in [-0.3, -0.25) is 0 Å². The number of aromatic carboxylic acids is 2. The fourth-order valence-electron chi connectivity index (χ4n) is 1.70. The number of hydrogen-bond donors (Lipinski definition) is 3. The van der Waals surface area contributed by atoms with Gasteiger partial charge in [-0.1, -0.05) is 32.1 Å². The smallest absolute Gasteiger partial charge is 0.338 e. The van der Waals surface area contributed by atoms with E-state index in [1.54, 1.807) is 12.1 Å². The highest BCUT2D eigenvalue weighted by Crippen LogP contribution is 2.28. The van der Waals surface area contributed by atoms with Crippen molar-refractivity contribution in [3.05, 3.63) is 34.9 Å². The van der Waals surface area contributed by atoms with E-state index < -0.39 is 11.9 Å². The zero-order valence-corrected chi connectivity index (χ0v) is 10.2. The van der Waals surface area contributed by atoms with Gasteiger partial charge in [0.1, 0.15) is 0 Å². The minimum atomic E-state index is -1.24. The Morgan fingerprint density at radius 3 is 2.39 bits per heavy atom. The van der Waals surface area contributed by atoms with Crippen LogP contribution in [0.1, 0.15) is 40.1 Å². The molecule has 0 aromatic heterocycles. The molecule has 18 heavy (non-hydrogen) atoms. The number of carboxylic acid groups (broad SMARTS) is 2. The Labute approximate surface area is 105 Å². The first-order chi connectivity index (χ1) is 8.61. The Hall–Kier alpha value is -2.30. The predicted molar refractivity (Wildman–Crippen MR) is 69.2 cm³/mol. The van der Waals surface area contributed by atoms with Crippen LogP contribution in [0.25, 0.3) is 6.08 Å². The Morgan fingerprint density at radius 2 is 1.83 bits per heavy atom. The molecule has 5 nitrogen and oxygen atoms in total. The van der Waals surface area contributed by atoms with Crippen molar-refractivity contribution < 1.29 is 19.8 Å². The van der Waals surface area contributed by atoms with Gasteiger partial charge in [0.05, 0.1) is 16.8 Å². The third-order valence-electron chi connectivity index (χ3n) is 2.38. The zero-order chi connectivity index (χ0) is 13.7. The summed E-state index contributed by atoms with van der Waals surface area (Å²) >= 11 is 0. The van der Waals surface area contributed by atoms with Crippen molar-refractivity contribution in [2.45, 2.75) is 13.8 Å². The Morgan fingerprint density at radius 1 is 1.17 bits per heavy atom. The van der Waals surface area contributed by atoms with Crippen LogP contribution >= 0.6 is 0 Å².